The molecule has 1 aromatic carbocycles. The molecule has 0 bridgehead atoms. The molecule has 0 spiro atoms. The Morgan fingerprint density at radius 1 is 1.00 bits per heavy atom. The van der Waals surface area contributed by atoms with E-state index >= 15 is 0 Å². The first-order chi connectivity index (χ1) is 10.3. The van der Waals surface area contributed by atoms with Gasteiger partial charge in [-0.25, -0.2) is 4.98 Å². The lowest BCUT2D eigenvalue weighted by Crippen LogP contribution is -2.32. The van der Waals surface area contributed by atoms with Crippen LogP contribution in [0.4, 0.5) is 0 Å². The average Bonchev–Trinajstić information content (AvgIpc) is 2.95. The molecular weight excluding hydrogens is 266 g/mol. The van der Waals surface area contributed by atoms with Crippen LogP contribution < -0.4 is 9.47 Å². The van der Waals surface area contributed by atoms with Crippen LogP contribution in [0.5, 0.6) is 17.4 Å². The molecule has 0 amide bonds. The van der Waals surface area contributed by atoms with Crippen molar-refractivity contribution >= 4 is 0 Å². The van der Waals surface area contributed by atoms with Crippen molar-refractivity contribution in [2.75, 3.05) is 6.61 Å². The molecule has 1 aliphatic rings. The molecule has 2 aromatic rings. The molecule has 3 rings (SSSR count). The molecule has 0 aliphatic heterocycles. The maximum atomic E-state index is 10.4. The lowest BCUT2D eigenvalue weighted by atomic mass is 10.0. The van der Waals surface area contributed by atoms with Crippen LogP contribution in [0, 0.1) is 0 Å². The summed E-state index contributed by atoms with van der Waals surface area (Å²) in [4.78, 5) is 4.14. The van der Waals surface area contributed by atoms with Gasteiger partial charge in [-0.05, 0) is 31.0 Å². The monoisotopic (exact) mass is 285 g/mol. The lowest BCUT2D eigenvalue weighted by molar-refractivity contribution is 0.000846. The predicted molar refractivity (Wildman–Crippen MR) is 79.7 cm³/mol. The molecule has 1 heterocycles. The summed E-state index contributed by atoms with van der Waals surface area (Å²) in [5.74, 6) is 1.76. The van der Waals surface area contributed by atoms with E-state index in [2.05, 4.69) is 4.98 Å². The van der Waals surface area contributed by atoms with Gasteiger partial charge in [-0.3, -0.25) is 0 Å². The molecule has 0 unspecified atom stereocenters. The fourth-order valence-corrected chi connectivity index (χ4v) is 2.56. The van der Waals surface area contributed by atoms with Gasteiger partial charge in [0.15, 0.2) is 11.5 Å². The van der Waals surface area contributed by atoms with Crippen molar-refractivity contribution < 1.29 is 14.6 Å². The van der Waals surface area contributed by atoms with E-state index in [1.807, 2.05) is 36.4 Å². The first-order valence-corrected chi connectivity index (χ1v) is 7.28. The van der Waals surface area contributed by atoms with Crippen molar-refractivity contribution in [3.05, 3.63) is 48.7 Å². The third kappa shape index (κ3) is 3.52. The highest BCUT2D eigenvalue weighted by Crippen LogP contribution is 2.34. The average molecular weight is 285 g/mol. The SMILES string of the molecule is OC1(COc2ccccc2Oc2ccccn2)CCCC1. The summed E-state index contributed by atoms with van der Waals surface area (Å²) in [5, 5.41) is 10.4. The van der Waals surface area contributed by atoms with Crippen LogP contribution in [-0.2, 0) is 0 Å². The highest BCUT2D eigenvalue weighted by Gasteiger charge is 2.32. The van der Waals surface area contributed by atoms with Crippen LogP contribution in [0.15, 0.2) is 48.7 Å². The largest absolute Gasteiger partial charge is 0.487 e. The van der Waals surface area contributed by atoms with Crippen molar-refractivity contribution in [2.45, 2.75) is 31.3 Å². The Hall–Kier alpha value is -2.07. The van der Waals surface area contributed by atoms with Crippen molar-refractivity contribution in [1.82, 2.24) is 4.98 Å². The van der Waals surface area contributed by atoms with Crippen molar-refractivity contribution in [3.8, 4) is 17.4 Å². The molecule has 110 valence electrons. The van der Waals surface area contributed by atoms with Gasteiger partial charge in [0, 0.05) is 12.3 Å². The lowest BCUT2D eigenvalue weighted by Gasteiger charge is -2.22. The zero-order valence-electron chi connectivity index (χ0n) is 11.9. The fraction of sp³-hybridized carbons (Fsp3) is 0.353. The maximum absolute atomic E-state index is 10.4. The Balaban J connectivity index is 1.70. The summed E-state index contributed by atoms with van der Waals surface area (Å²) in [6.07, 6.45) is 5.41. The standard InChI is InChI=1S/C17H19NO3/c19-17(10-4-5-11-17)13-20-14-7-1-2-8-15(14)21-16-9-3-6-12-18-16/h1-3,6-9,12,19H,4-5,10-11,13H2. The predicted octanol–water partition coefficient (Wildman–Crippen LogP) is 3.56. The van der Waals surface area contributed by atoms with E-state index in [0.717, 1.165) is 25.7 Å². The molecule has 4 nitrogen and oxygen atoms in total. The summed E-state index contributed by atoms with van der Waals surface area (Å²) in [5.41, 5.74) is -0.696. The molecule has 1 saturated carbocycles. The van der Waals surface area contributed by atoms with Crippen LogP contribution >= 0.6 is 0 Å². The molecule has 4 heteroatoms. The molecule has 0 atom stereocenters. The van der Waals surface area contributed by atoms with Crippen LogP contribution in [0.25, 0.3) is 0 Å². The van der Waals surface area contributed by atoms with Crippen LogP contribution in [0.1, 0.15) is 25.7 Å². The van der Waals surface area contributed by atoms with Gasteiger partial charge in [0.2, 0.25) is 5.88 Å². The zero-order valence-corrected chi connectivity index (χ0v) is 11.9. The molecule has 0 radical (unpaired) electrons. The number of para-hydroxylation sites is 2. The molecule has 1 aliphatic carbocycles. The van der Waals surface area contributed by atoms with E-state index < -0.39 is 5.60 Å². The molecule has 1 fully saturated rings. The summed E-state index contributed by atoms with van der Waals surface area (Å²) in [7, 11) is 0. The number of nitrogens with zero attached hydrogens (tertiary/aromatic N) is 1. The minimum Gasteiger partial charge on any atom is -0.487 e. The van der Waals surface area contributed by atoms with E-state index in [9.17, 15) is 5.11 Å². The normalized spacial score (nSPS) is 16.6. The van der Waals surface area contributed by atoms with Crippen LogP contribution in [0.2, 0.25) is 0 Å². The van der Waals surface area contributed by atoms with Gasteiger partial charge in [-0.15, -0.1) is 0 Å². The molecule has 1 N–H and O–H groups in total. The van der Waals surface area contributed by atoms with Crippen LogP contribution in [0.3, 0.4) is 0 Å². The third-order valence-electron chi connectivity index (χ3n) is 3.73. The van der Waals surface area contributed by atoms with Gasteiger partial charge in [-0.1, -0.05) is 31.0 Å². The quantitative estimate of drug-likeness (QED) is 0.912. The van der Waals surface area contributed by atoms with Crippen molar-refractivity contribution in [3.63, 3.8) is 0 Å². The number of aromatic nitrogens is 1. The van der Waals surface area contributed by atoms with Gasteiger partial charge in [-0.2, -0.15) is 0 Å². The number of aliphatic hydroxyl groups is 1. The Morgan fingerprint density at radius 3 is 2.43 bits per heavy atom. The first-order valence-electron chi connectivity index (χ1n) is 7.28. The summed E-state index contributed by atoms with van der Waals surface area (Å²) in [6, 6.07) is 13.0. The van der Waals surface area contributed by atoms with Gasteiger partial charge in [0.25, 0.3) is 0 Å². The summed E-state index contributed by atoms with van der Waals surface area (Å²) >= 11 is 0. The number of rotatable bonds is 5. The second-order valence-corrected chi connectivity index (χ2v) is 5.44. The van der Waals surface area contributed by atoms with E-state index in [4.69, 9.17) is 9.47 Å². The number of hydrogen-bond donors (Lipinski definition) is 1. The molecule has 1 aromatic heterocycles. The Labute approximate surface area is 124 Å². The Bertz CT molecular complexity index is 580. The Morgan fingerprint density at radius 2 is 1.71 bits per heavy atom. The molecule has 0 saturated heterocycles. The first kappa shape index (κ1) is 13.9. The smallest absolute Gasteiger partial charge is 0.219 e. The molecule has 21 heavy (non-hydrogen) atoms. The topological polar surface area (TPSA) is 51.6 Å². The van der Waals surface area contributed by atoms with E-state index in [1.165, 1.54) is 0 Å². The van der Waals surface area contributed by atoms with Gasteiger partial charge in [0.05, 0.1) is 5.60 Å². The van der Waals surface area contributed by atoms with E-state index in [-0.39, 0.29) is 0 Å². The minimum absolute atomic E-state index is 0.301. The van der Waals surface area contributed by atoms with Crippen molar-refractivity contribution in [2.24, 2.45) is 0 Å². The number of ether oxygens (including phenoxy) is 2. The third-order valence-corrected chi connectivity index (χ3v) is 3.73. The van der Waals surface area contributed by atoms with Crippen LogP contribution in [-0.4, -0.2) is 22.3 Å². The highest BCUT2D eigenvalue weighted by molar-refractivity contribution is 5.41. The molecular formula is C17H19NO3. The second-order valence-electron chi connectivity index (χ2n) is 5.44. The highest BCUT2D eigenvalue weighted by atomic mass is 16.5. The van der Waals surface area contributed by atoms with Gasteiger partial charge in [0.1, 0.15) is 6.61 Å². The summed E-state index contributed by atoms with van der Waals surface area (Å²) in [6.45, 7) is 0.301. The fourth-order valence-electron chi connectivity index (χ4n) is 2.56. The number of benzene rings is 1. The number of pyridine rings is 1. The van der Waals surface area contributed by atoms with Gasteiger partial charge < -0.3 is 14.6 Å². The maximum Gasteiger partial charge on any atom is 0.219 e. The summed E-state index contributed by atoms with van der Waals surface area (Å²) < 4.78 is 11.5. The minimum atomic E-state index is -0.696. The van der Waals surface area contributed by atoms with Crippen molar-refractivity contribution in [1.29, 1.82) is 0 Å². The zero-order chi connectivity index (χ0) is 14.5. The second kappa shape index (κ2) is 6.14. The van der Waals surface area contributed by atoms with Gasteiger partial charge >= 0.3 is 0 Å². The number of hydrogen-bond acceptors (Lipinski definition) is 4. The van der Waals surface area contributed by atoms with E-state index in [1.54, 1.807) is 12.3 Å². The Kier molecular flexibility index (Phi) is 4.06. The van der Waals surface area contributed by atoms with E-state index in [0.29, 0.717) is 24.0 Å².